The van der Waals surface area contributed by atoms with Crippen molar-refractivity contribution in [1.82, 2.24) is 4.98 Å². The third kappa shape index (κ3) is 3.47. The lowest BCUT2D eigenvalue weighted by molar-refractivity contribution is 0.111. The lowest BCUT2D eigenvalue weighted by Crippen LogP contribution is -2.36. The Bertz CT molecular complexity index is 587. The minimum absolute atomic E-state index is 0.474. The summed E-state index contributed by atoms with van der Waals surface area (Å²) in [6.45, 7) is 3.51. The number of hydrogen-bond acceptors (Lipinski definition) is 4. The van der Waals surface area contributed by atoms with Gasteiger partial charge in [-0.2, -0.15) is 0 Å². The summed E-state index contributed by atoms with van der Waals surface area (Å²) in [5.41, 5.74) is 4.07. The number of pyridine rings is 1. The predicted octanol–water partition coefficient (Wildman–Crippen LogP) is 2.32. The number of benzene rings is 1. The van der Waals surface area contributed by atoms with E-state index in [-0.39, 0.29) is 0 Å². The molecule has 3 rings (SSSR count). The molecule has 1 aromatic carbocycles. The van der Waals surface area contributed by atoms with Crippen molar-refractivity contribution < 1.29 is 9.53 Å². The highest BCUT2D eigenvalue weighted by Crippen LogP contribution is 2.18. The molecule has 1 aliphatic rings. The number of anilines is 1. The third-order valence-electron chi connectivity index (χ3n) is 3.69. The molecule has 108 valence electrons. The van der Waals surface area contributed by atoms with E-state index >= 15 is 0 Å². The fourth-order valence-electron chi connectivity index (χ4n) is 2.49. The van der Waals surface area contributed by atoms with Crippen molar-refractivity contribution in [2.45, 2.75) is 6.42 Å². The minimum atomic E-state index is 0.474. The lowest BCUT2D eigenvalue weighted by Gasteiger charge is -2.28. The zero-order valence-corrected chi connectivity index (χ0v) is 11.9. The van der Waals surface area contributed by atoms with Gasteiger partial charge in [-0.1, -0.05) is 18.2 Å². The van der Waals surface area contributed by atoms with Gasteiger partial charge in [0, 0.05) is 25.0 Å². The van der Waals surface area contributed by atoms with Crippen molar-refractivity contribution >= 4 is 12.0 Å². The van der Waals surface area contributed by atoms with Gasteiger partial charge in [0.05, 0.1) is 13.2 Å². The van der Waals surface area contributed by atoms with Crippen molar-refractivity contribution in [2.75, 3.05) is 31.2 Å². The quantitative estimate of drug-likeness (QED) is 0.807. The Morgan fingerprint density at radius 2 is 1.76 bits per heavy atom. The Kier molecular flexibility index (Phi) is 4.26. The Labute approximate surface area is 124 Å². The van der Waals surface area contributed by atoms with E-state index in [9.17, 15) is 4.79 Å². The van der Waals surface area contributed by atoms with Gasteiger partial charge in [-0.3, -0.25) is 9.78 Å². The maximum absolute atomic E-state index is 10.6. The summed E-state index contributed by atoms with van der Waals surface area (Å²) in [5.74, 6) is 0. The van der Waals surface area contributed by atoms with Gasteiger partial charge in [0.2, 0.25) is 0 Å². The van der Waals surface area contributed by atoms with Crippen LogP contribution in [0.15, 0.2) is 42.6 Å². The second kappa shape index (κ2) is 6.50. The molecule has 0 amide bonds. The highest BCUT2D eigenvalue weighted by atomic mass is 16.5. The van der Waals surface area contributed by atoms with Gasteiger partial charge in [-0.25, -0.2) is 0 Å². The van der Waals surface area contributed by atoms with Crippen LogP contribution in [0.1, 0.15) is 21.6 Å². The van der Waals surface area contributed by atoms with Crippen LogP contribution in [0.3, 0.4) is 0 Å². The first-order valence-corrected chi connectivity index (χ1v) is 7.17. The second-order valence-electron chi connectivity index (χ2n) is 5.15. The Morgan fingerprint density at radius 3 is 2.38 bits per heavy atom. The first kappa shape index (κ1) is 13.8. The average Bonchev–Trinajstić information content (AvgIpc) is 2.57. The van der Waals surface area contributed by atoms with Crippen LogP contribution in [0.5, 0.6) is 0 Å². The van der Waals surface area contributed by atoms with E-state index in [1.165, 1.54) is 11.3 Å². The number of rotatable bonds is 4. The standard InChI is InChI=1S/C17H18N2O2/c20-13-16-4-1-15(12-18-16)11-14-2-5-17(6-3-14)19-7-9-21-10-8-19/h1-6,12-13H,7-11H2. The molecule has 4 heteroatoms. The SMILES string of the molecule is O=Cc1ccc(Cc2ccc(N3CCOCC3)cc2)cn1. The van der Waals surface area contributed by atoms with Crippen LogP contribution in [-0.4, -0.2) is 37.6 Å². The van der Waals surface area contributed by atoms with Crippen LogP contribution in [-0.2, 0) is 11.2 Å². The van der Waals surface area contributed by atoms with Crippen LogP contribution in [0.25, 0.3) is 0 Å². The zero-order chi connectivity index (χ0) is 14.5. The molecule has 0 N–H and O–H groups in total. The van der Waals surface area contributed by atoms with E-state index in [1.54, 1.807) is 12.3 Å². The summed E-state index contributed by atoms with van der Waals surface area (Å²) < 4.78 is 5.37. The van der Waals surface area contributed by atoms with Crippen LogP contribution in [0.2, 0.25) is 0 Å². The first-order valence-electron chi connectivity index (χ1n) is 7.17. The maximum Gasteiger partial charge on any atom is 0.168 e. The fraction of sp³-hybridized carbons (Fsp3) is 0.294. The number of aromatic nitrogens is 1. The van der Waals surface area contributed by atoms with Crippen molar-refractivity contribution in [1.29, 1.82) is 0 Å². The minimum Gasteiger partial charge on any atom is -0.378 e. The van der Waals surface area contributed by atoms with Crippen LogP contribution in [0.4, 0.5) is 5.69 Å². The first-order chi connectivity index (χ1) is 10.3. The number of carbonyl (C=O) groups excluding carboxylic acids is 1. The Hall–Kier alpha value is -2.20. The van der Waals surface area contributed by atoms with Crippen LogP contribution in [0, 0.1) is 0 Å². The van der Waals surface area contributed by atoms with Crippen molar-refractivity contribution in [2.24, 2.45) is 0 Å². The summed E-state index contributed by atoms with van der Waals surface area (Å²) in [6, 6.07) is 12.3. The number of ether oxygens (including phenoxy) is 1. The van der Waals surface area contributed by atoms with Gasteiger partial charge in [-0.05, 0) is 35.7 Å². The van der Waals surface area contributed by atoms with Gasteiger partial charge < -0.3 is 9.64 Å². The summed E-state index contributed by atoms with van der Waals surface area (Å²) in [7, 11) is 0. The smallest absolute Gasteiger partial charge is 0.168 e. The molecule has 21 heavy (non-hydrogen) atoms. The van der Waals surface area contributed by atoms with Crippen LogP contribution < -0.4 is 4.90 Å². The van der Waals surface area contributed by atoms with E-state index in [2.05, 4.69) is 34.1 Å². The molecule has 2 aromatic rings. The largest absolute Gasteiger partial charge is 0.378 e. The highest BCUT2D eigenvalue weighted by molar-refractivity contribution is 5.71. The van der Waals surface area contributed by atoms with Gasteiger partial charge >= 0.3 is 0 Å². The number of aldehydes is 1. The predicted molar refractivity (Wildman–Crippen MR) is 81.9 cm³/mol. The number of carbonyl (C=O) groups is 1. The molecular formula is C17H18N2O2. The van der Waals surface area contributed by atoms with E-state index in [1.807, 2.05) is 6.07 Å². The maximum atomic E-state index is 10.6. The van der Waals surface area contributed by atoms with E-state index in [4.69, 9.17) is 4.74 Å². The molecule has 0 saturated carbocycles. The fourth-order valence-corrected chi connectivity index (χ4v) is 2.49. The highest BCUT2D eigenvalue weighted by Gasteiger charge is 2.10. The number of morpholine rings is 1. The van der Waals surface area contributed by atoms with E-state index in [0.29, 0.717) is 5.69 Å². The van der Waals surface area contributed by atoms with Crippen molar-refractivity contribution in [3.63, 3.8) is 0 Å². The third-order valence-corrected chi connectivity index (χ3v) is 3.69. The second-order valence-corrected chi connectivity index (χ2v) is 5.15. The molecule has 0 aliphatic carbocycles. The lowest BCUT2D eigenvalue weighted by atomic mass is 10.1. The molecule has 1 saturated heterocycles. The average molecular weight is 282 g/mol. The number of hydrogen-bond donors (Lipinski definition) is 0. The van der Waals surface area contributed by atoms with Crippen LogP contribution >= 0.6 is 0 Å². The van der Waals surface area contributed by atoms with Gasteiger partial charge in [-0.15, -0.1) is 0 Å². The molecule has 4 nitrogen and oxygen atoms in total. The monoisotopic (exact) mass is 282 g/mol. The molecule has 0 atom stereocenters. The normalized spacial score (nSPS) is 15.0. The molecular weight excluding hydrogens is 264 g/mol. The van der Waals surface area contributed by atoms with Gasteiger partial charge in [0.15, 0.2) is 6.29 Å². The van der Waals surface area contributed by atoms with Gasteiger partial charge in [0.25, 0.3) is 0 Å². The molecule has 1 aromatic heterocycles. The molecule has 1 fully saturated rings. The topological polar surface area (TPSA) is 42.4 Å². The Balaban J connectivity index is 1.67. The summed E-state index contributed by atoms with van der Waals surface area (Å²) in [5, 5.41) is 0. The van der Waals surface area contributed by atoms with E-state index in [0.717, 1.165) is 44.6 Å². The summed E-state index contributed by atoms with van der Waals surface area (Å²) in [6.07, 6.45) is 3.36. The summed E-state index contributed by atoms with van der Waals surface area (Å²) in [4.78, 5) is 17.0. The zero-order valence-electron chi connectivity index (χ0n) is 11.9. The molecule has 0 unspecified atom stereocenters. The molecule has 0 spiro atoms. The number of nitrogens with zero attached hydrogens (tertiary/aromatic N) is 2. The van der Waals surface area contributed by atoms with Crippen molar-refractivity contribution in [3.8, 4) is 0 Å². The summed E-state index contributed by atoms with van der Waals surface area (Å²) >= 11 is 0. The Morgan fingerprint density at radius 1 is 1.05 bits per heavy atom. The molecule has 0 bridgehead atoms. The molecule has 2 heterocycles. The molecule has 1 aliphatic heterocycles. The van der Waals surface area contributed by atoms with E-state index < -0.39 is 0 Å². The van der Waals surface area contributed by atoms with Gasteiger partial charge in [0.1, 0.15) is 5.69 Å². The van der Waals surface area contributed by atoms with Crippen molar-refractivity contribution in [3.05, 3.63) is 59.4 Å². The molecule has 0 radical (unpaired) electrons.